The SMILES string of the molecule is COC(=O)c1cccc(-c2ccc(C(=O)NCC3O[C@@H](CO)[C@@H](O)[C@H](O)[C@H]3O)cc2)c1. The van der Waals surface area contributed by atoms with Crippen LogP contribution in [0, 0.1) is 0 Å². The molecule has 1 aliphatic heterocycles. The van der Waals surface area contributed by atoms with Gasteiger partial charge in [0, 0.05) is 12.1 Å². The van der Waals surface area contributed by atoms with Gasteiger partial charge in [0.1, 0.15) is 30.5 Å². The second-order valence-electron chi connectivity index (χ2n) is 7.23. The molecule has 0 radical (unpaired) electrons. The zero-order valence-corrected chi connectivity index (χ0v) is 16.8. The second-order valence-corrected chi connectivity index (χ2v) is 7.23. The predicted molar refractivity (Wildman–Crippen MR) is 109 cm³/mol. The molecule has 2 aromatic rings. The van der Waals surface area contributed by atoms with E-state index in [0.717, 1.165) is 11.1 Å². The molecule has 1 amide bonds. The topological polar surface area (TPSA) is 146 Å². The molecule has 0 spiro atoms. The van der Waals surface area contributed by atoms with Crippen molar-refractivity contribution in [3.05, 3.63) is 59.7 Å². The van der Waals surface area contributed by atoms with Gasteiger partial charge in [0.25, 0.3) is 5.91 Å². The number of carbonyl (C=O) groups excluding carboxylic acids is 2. The van der Waals surface area contributed by atoms with Gasteiger partial charge in [-0.15, -0.1) is 0 Å². The molecular formula is C22H25NO8. The maximum atomic E-state index is 12.5. The minimum absolute atomic E-state index is 0.122. The van der Waals surface area contributed by atoms with Gasteiger partial charge in [0.15, 0.2) is 0 Å². The molecule has 5 N–H and O–H groups in total. The van der Waals surface area contributed by atoms with Crippen molar-refractivity contribution in [2.75, 3.05) is 20.3 Å². The number of aliphatic hydroxyl groups is 4. The Bertz CT molecular complexity index is 914. The summed E-state index contributed by atoms with van der Waals surface area (Å²) in [5, 5.41) is 41.5. The normalized spacial score (nSPS) is 25.6. The molecule has 0 aliphatic carbocycles. The molecule has 9 nitrogen and oxygen atoms in total. The maximum Gasteiger partial charge on any atom is 0.337 e. The number of nitrogens with one attached hydrogen (secondary N) is 1. The van der Waals surface area contributed by atoms with Crippen LogP contribution in [0.2, 0.25) is 0 Å². The molecule has 0 aromatic heterocycles. The first-order chi connectivity index (χ1) is 14.8. The van der Waals surface area contributed by atoms with E-state index < -0.39 is 49.0 Å². The number of carbonyl (C=O) groups is 2. The molecule has 166 valence electrons. The fraction of sp³-hybridized carbons (Fsp3) is 0.364. The molecule has 9 heteroatoms. The lowest BCUT2D eigenvalue weighted by atomic mass is 9.95. The van der Waals surface area contributed by atoms with Gasteiger partial charge in [-0.2, -0.15) is 0 Å². The Morgan fingerprint density at radius 1 is 0.935 bits per heavy atom. The lowest BCUT2D eigenvalue weighted by Gasteiger charge is -2.40. The van der Waals surface area contributed by atoms with Crippen molar-refractivity contribution in [2.45, 2.75) is 30.5 Å². The molecule has 1 fully saturated rings. The van der Waals surface area contributed by atoms with E-state index in [2.05, 4.69) is 5.32 Å². The number of methoxy groups -OCH3 is 1. The molecular weight excluding hydrogens is 406 g/mol. The minimum Gasteiger partial charge on any atom is -0.465 e. The van der Waals surface area contributed by atoms with Gasteiger partial charge in [-0.3, -0.25) is 4.79 Å². The highest BCUT2D eigenvalue weighted by atomic mass is 16.5. The predicted octanol–water partition coefficient (Wildman–Crippen LogP) is -0.288. The molecule has 0 bridgehead atoms. The molecule has 2 aromatic carbocycles. The highest BCUT2D eigenvalue weighted by Gasteiger charge is 2.43. The van der Waals surface area contributed by atoms with Gasteiger partial charge in [0.05, 0.1) is 19.3 Å². The Hall–Kier alpha value is -2.82. The van der Waals surface area contributed by atoms with E-state index in [0.29, 0.717) is 11.1 Å². The first kappa shape index (κ1) is 22.9. The van der Waals surface area contributed by atoms with Gasteiger partial charge in [0.2, 0.25) is 0 Å². The number of esters is 1. The van der Waals surface area contributed by atoms with Crippen LogP contribution in [0.15, 0.2) is 48.5 Å². The largest absolute Gasteiger partial charge is 0.465 e. The van der Waals surface area contributed by atoms with E-state index in [1.807, 2.05) is 6.07 Å². The van der Waals surface area contributed by atoms with Gasteiger partial charge in [-0.1, -0.05) is 24.3 Å². The Balaban J connectivity index is 1.64. The summed E-state index contributed by atoms with van der Waals surface area (Å²) in [5.74, 6) is -0.863. The van der Waals surface area contributed by atoms with Gasteiger partial charge < -0.3 is 35.2 Å². The van der Waals surface area contributed by atoms with Crippen molar-refractivity contribution in [2.24, 2.45) is 0 Å². The van der Waals surface area contributed by atoms with Crippen molar-refractivity contribution in [1.29, 1.82) is 0 Å². The first-order valence-electron chi connectivity index (χ1n) is 9.73. The lowest BCUT2D eigenvalue weighted by Crippen LogP contribution is -2.60. The zero-order valence-electron chi connectivity index (χ0n) is 16.8. The van der Waals surface area contributed by atoms with Crippen LogP contribution in [0.3, 0.4) is 0 Å². The smallest absolute Gasteiger partial charge is 0.337 e. The Morgan fingerprint density at radius 2 is 1.61 bits per heavy atom. The summed E-state index contributed by atoms with van der Waals surface area (Å²) in [6, 6.07) is 13.6. The van der Waals surface area contributed by atoms with Crippen LogP contribution >= 0.6 is 0 Å². The number of hydrogen-bond donors (Lipinski definition) is 5. The summed E-state index contributed by atoms with van der Waals surface area (Å²) in [7, 11) is 1.31. The van der Waals surface area contributed by atoms with Crippen molar-refractivity contribution < 1.29 is 39.5 Å². The molecule has 3 rings (SSSR count). The van der Waals surface area contributed by atoms with Crippen LogP contribution in [-0.2, 0) is 9.47 Å². The van der Waals surface area contributed by atoms with Gasteiger partial charge >= 0.3 is 5.97 Å². The monoisotopic (exact) mass is 431 g/mol. The summed E-state index contributed by atoms with van der Waals surface area (Å²) < 4.78 is 10.1. The van der Waals surface area contributed by atoms with Gasteiger partial charge in [-0.25, -0.2) is 4.79 Å². The number of hydrogen-bond acceptors (Lipinski definition) is 8. The van der Waals surface area contributed by atoms with Crippen LogP contribution in [0.25, 0.3) is 11.1 Å². The molecule has 31 heavy (non-hydrogen) atoms. The number of amides is 1. The number of aliphatic hydroxyl groups excluding tert-OH is 4. The van der Waals surface area contributed by atoms with E-state index in [1.54, 1.807) is 42.5 Å². The third kappa shape index (κ3) is 5.09. The zero-order chi connectivity index (χ0) is 22.5. The van der Waals surface area contributed by atoms with Crippen molar-refractivity contribution in [3.63, 3.8) is 0 Å². The van der Waals surface area contributed by atoms with Crippen molar-refractivity contribution in [1.82, 2.24) is 5.32 Å². The van der Waals surface area contributed by atoms with Crippen LogP contribution in [-0.4, -0.2) is 83.1 Å². The van der Waals surface area contributed by atoms with E-state index in [-0.39, 0.29) is 6.54 Å². The van der Waals surface area contributed by atoms with E-state index >= 15 is 0 Å². The maximum absolute atomic E-state index is 12.5. The van der Waals surface area contributed by atoms with Crippen LogP contribution in [0.5, 0.6) is 0 Å². The third-order valence-corrected chi connectivity index (χ3v) is 5.22. The standard InChI is InChI=1S/C22H25NO8/c1-30-22(29)15-4-2-3-14(9-15)12-5-7-13(8-6-12)21(28)23-10-16-18(25)20(27)19(26)17(11-24)31-16/h2-9,16-20,24-27H,10-11H2,1H3,(H,23,28)/t16?,17-,18-,19+,20+/m0/s1. The van der Waals surface area contributed by atoms with Crippen molar-refractivity contribution >= 4 is 11.9 Å². The molecule has 0 saturated carbocycles. The summed E-state index contributed by atoms with van der Waals surface area (Å²) in [6.45, 7) is -0.656. The second kappa shape index (κ2) is 9.99. The highest BCUT2D eigenvalue weighted by molar-refractivity contribution is 5.95. The molecule has 1 saturated heterocycles. The Labute approximate surface area is 178 Å². The average Bonchev–Trinajstić information content (AvgIpc) is 2.81. The fourth-order valence-electron chi connectivity index (χ4n) is 3.40. The molecule has 5 atom stereocenters. The average molecular weight is 431 g/mol. The highest BCUT2D eigenvalue weighted by Crippen LogP contribution is 2.22. The summed E-state index contributed by atoms with van der Waals surface area (Å²) in [6.07, 6.45) is -6.37. The van der Waals surface area contributed by atoms with E-state index in [9.17, 15) is 30.0 Å². The van der Waals surface area contributed by atoms with E-state index in [1.165, 1.54) is 7.11 Å². The molecule has 1 aliphatic rings. The Morgan fingerprint density at radius 3 is 2.26 bits per heavy atom. The molecule has 1 heterocycles. The van der Waals surface area contributed by atoms with Gasteiger partial charge in [-0.05, 0) is 35.4 Å². The number of benzene rings is 2. The minimum atomic E-state index is -1.49. The summed E-state index contributed by atoms with van der Waals surface area (Å²) in [5.41, 5.74) is 2.37. The van der Waals surface area contributed by atoms with Crippen molar-refractivity contribution in [3.8, 4) is 11.1 Å². The summed E-state index contributed by atoms with van der Waals surface area (Å²) >= 11 is 0. The third-order valence-electron chi connectivity index (χ3n) is 5.22. The number of ether oxygens (including phenoxy) is 2. The van der Waals surface area contributed by atoms with Crippen LogP contribution in [0.1, 0.15) is 20.7 Å². The van der Waals surface area contributed by atoms with E-state index in [4.69, 9.17) is 9.47 Å². The van der Waals surface area contributed by atoms with Crippen LogP contribution in [0.4, 0.5) is 0 Å². The number of rotatable bonds is 6. The van der Waals surface area contributed by atoms with Crippen LogP contribution < -0.4 is 5.32 Å². The quantitative estimate of drug-likeness (QED) is 0.393. The fourth-order valence-corrected chi connectivity index (χ4v) is 3.40. The Kier molecular flexibility index (Phi) is 7.37. The summed E-state index contributed by atoms with van der Waals surface area (Å²) in [4.78, 5) is 24.1. The molecule has 1 unspecified atom stereocenters. The lowest BCUT2D eigenvalue weighted by molar-refractivity contribution is -0.227. The first-order valence-corrected chi connectivity index (χ1v) is 9.73.